The molecule has 0 amide bonds. The van der Waals surface area contributed by atoms with E-state index in [1.54, 1.807) is 23.9 Å². The number of aromatic nitrogens is 1. The van der Waals surface area contributed by atoms with Crippen LogP contribution in [-0.4, -0.2) is 29.8 Å². The monoisotopic (exact) mass is 421 g/mol. The molecule has 1 aliphatic rings. The zero-order chi connectivity index (χ0) is 20.1. The number of nitrogens with zero attached hydrogens (tertiary/aromatic N) is 1. The third kappa shape index (κ3) is 4.78. The summed E-state index contributed by atoms with van der Waals surface area (Å²) >= 11 is 7.87. The number of hydrogen-bond acceptors (Lipinski definition) is 6. The minimum absolute atomic E-state index is 0.0487. The maximum absolute atomic E-state index is 13.2. The zero-order valence-corrected chi connectivity index (χ0v) is 17.7. The molecule has 1 heterocycles. The van der Waals surface area contributed by atoms with Crippen molar-refractivity contribution in [3.8, 4) is 0 Å². The minimum atomic E-state index is -0.618. The van der Waals surface area contributed by atoms with Crippen molar-refractivity contribution in [2.75, 3.05) is 12.9 Å². The fourth-order valence-corrected chi connectivity index (χ4v) is 3.76. The highest BCUT2D eigenvalue weighted by Crippen LogP contribution is 2.43. The van der Waals surface area contributed by atoms with Crippen molar-refractivity contribution in [3.05, 3.63) is 45.8 Å². The molecule has 0 radical (unpaired) electrons. The molecule has 28 heavy (non-hydrogen) atoms. The van der Waals surface area contributed by atoms with E-state index in [2.05, 4.69) is 12.1 Å². The Kier molecular flexibility index (Phi) is 7.18. The number of hydrogen-bond donors (Lipinski definition) is 0. The highest BCUT2D eigenvalue weighted by molar-refractivity contribution is 7.98. The van der Waals surface area contributed by atoms with Crippen LogP contribution in [0.3, 0.4) is 0 Å². The average molecular weight is 422 g/mol. The molecule has 0 spiro atoms. The van der Waals surface area contributed by atoms with Gasteiger partial charge < -0.3 is 9.26 Å². The number of ether oxygens (including phenoxy) is 1. The minimum Gasteiger partial charge on any atom is -0.461 e. The predicted octanol–water partition coefficient (Wildman–Crippen LogP) is 5.90. The van der Waals surface area contributed by atoms with E-state index >= 15 is 0 Å². The largest absolute Gasteiger partial charge is 0.461 e. The Balaban J connectivity index is 1.84. The Morgan fingerprint density at radius 1 is 1.29 bits per heavy atom. The van der Waals surface area contributed by atoms with Crippen molar-refractivity contribution in [1.29, 1.82) is 0 Å². The Bertz CT molecular complexity index is 860. The lowest BCUT2D eigenvalue weighted by molar-refractivity contribution is 0.0483. The van der Waals surface area contributed by atoms with E-state index in [1.807, 2.05) is 12.3 Å². The lowest BCUT2D eigenvalue weighted by atomic mass is 9.99. The van der Waals surface area contributed by atoms with Crippen LogP contribution in [0.2, 0.25) is 5.02 Å². The van der Waals surface area contributed by atoms with E-state index < -0.39 is 5.97 Å². The predicted molar refractivity (Wildman–Crippen MR) is 110 cm³/mol. The number of benzene rings is 1. The van der Waals surface area contributed by atoms with Gasteiger partial charge in [-0.25, -0.2) is 4.79 Å². The summed E-state index contributed by atoms with van der Waals surface area (Å²) in [7, 11) is 0. The molecule has 0 bridgehead atoms. The van der Waals surface area contributed by atoms with Crippen molar-refractivity contribution in [2.24, 2.45) is 0 Å². The molecule has 0 aliphatic heterocycles. The van der Waals surface area contributed by atoms with Gasteiger partial charge in [0.1, 0.15) is 5.56 Å². The quantitative estimate of drug-likeness (QED) is 0.206. The summed E-state index contributed by atoms with van der Waals surface area (Å²) in [5, 5.41) is 4.23. The first-order valence-corrected chi connectivity index (χ1v) is 11.2. The second-order valence-electron chi connectivity index (χ2n) is 6.92. The first kappa shape index (κ1) is 20.9. The van der Waals surface area contributed by atoms with Crippen LogP contribution >= 0.6 is 23.4 Å². The number of thioether (sulfide) groups is 1. The summed E-state index contributed by atoms with van der Waals surface area (Å²) in [5.41, 5.74) is 0.480. The van der Waals surface area contributed by atoms with Gasteiger partial charge in [-0.3, -0.25) is 4.79 Å². The van der Waals surface area contributed by atoms with Gasteiger partial charge in [0, 0.05) is 16.4 Å². The van der Waals surface area contributed by atoms with E-state index in [9.17, 15) is 9.59 Å². The van der Waals surface area contributed by atoms with Crippen molar-refractivity contribution in [1.82, 2.24) is 5.16 Å². The van der Waals surface area contributed by atoms with E-state index in [0.717, 1.165) is 43.4 Å². The van der Waals surface area contributed by atoms with Gasteiger partial charge in [-0.15, -0.1) is 11.8 Å². The third-order valence-corrected chi connectivity index (χ3v) is 5.78. The number of ketones is 1. The maximum Gasteiger partial charge on any atom is 0.361 e. The normalized spacial score (nSPS) is 13.5. The van der Waals surface area contributed by atoms with Crippen molar-refractivity contribution >= 4 is 35.1 Å². The molecule has 1 aliphatic carbocycles. The summed E-state index contributed by atoms with van der Waals surface area (Å²) in [6.07, 6.45) is 7.77. The number of unbranched alkanes of at least 4 members (excludes halogenated alkanes) is 3. The molecule has 1 aromatic heterocycles. The van der Waals surface area contributed by atoms with Crippen LogP contribution < -0.4 is 0 Å². The molecule has 7 heteroatoms. The van der Waals surface area contributed by atoms with Gasteiger partial charge in [-0.05, 0) is 43.7 Å². The Labute approximate surface area is 174 Å². The number of esters is 1. The van der Waals surface area contributed by atoms with Crippen LogP contribution in [0.5, 0.6) is 0 Å². The van der Waals surface area contributed by atoms with Crippen LogP contribution in [0, 0.1) is 0 Å². The van der Waals surface area contributed by atoms with E-state index in [1.165, 1.54) is 0 Å². The van der Waals surface area contributed by atoms with Crippen LogP contribution in [-0.2, 0) is 4.74 Å². The molecule has 2 aromatic rings. The Morgan fingerprint density at radius 2 is 2.07 bits per heavy atom. The molecule has 1 saturated carbocycles. The molecule has 1 aromatic carbocycles. The third-order valence-electron chi connectivity index (χ3n) is 4.74. The van der Waals surface area contributed by atoms with E-state index in [4.69, 9.17) is 20.9 Å². The van der Waals surface area contributed by atoms with Crippen LogP contribution in [0.1, 0.15) is 83.5 Å². The number of halogens is 1. The standard InChI is InChI=1S/C21H24ClNO4S/c1-3-4-5-6-11-26-21(25)18-17(20(27-23-18)13-7-8-13)19(24)15-10-9-14(28-2)12-16(15)22/h9-10,12-13H,3-8,11H2,1-2H3. The molecule has 3 rings (SSSR count). The average Bonchev–Trinajstić information content (AvgIpc) is 3.45. The molecule has 0 atom stereocenters. The smallest absolute Gasteiger partial charge is 0.361 e. The van der Waals surface area contributed by atoms with Gasteiger partial charge in [-0.1, -0.05) is 42.9 Å². The summed E-state index contributed by atoms with van der Waals surface area (Å²) in [5.74, 6) is -0.374. The topological polar surface area (TPSA) is 69.4 Å². The van der Waals surface area contributed by atoms with Gasteiger partial charge >= 0.3 is 5.97 Å². The summed E-state index contributed by atoms with van der Waals surface area (Å²) < 4.78 is 10.7. The molecule has 0 unspecified atom stereocenters. The molecule has 0 saturated heterocycles. The Morgan fingerprint density at radius 3 is 2.71 bits per heavy atom. The number of rotatable bonds is 10. The molecular formula is C21H24ClNO4S. The molecule has 5 nitrogen and oxygen atoms in total. The summed E-state index contributed by atoms with van der Waals surface area (Å²) in [6.45, 7) is 2.43. The summed E-state index contributed by atoms with van der Waals surface area (Å²) in [6, 6.07) is 5.26. The highest BCUT2D eigenvalue weighted by atomic mass is 35.5. The molecule has 1 fully saturated rings. The fraction of sp³-hybridized carbons (Fsp3) is 0.476. The first-order chi connectivity index (χ1) is 13.6. The van der Waals surface area contributed by atoms with Crippen LogP contribution in [0.25, 0.3) is 0 Å². The highest BCUT2D eigenvalue weighted by Gasteiger charge is 2.38. The van der Waals surface area contributed by atoms with Gasteiger partial charge in [0.2, 0.25) is 11.5 Å². The molecule has 150 valence electrons. The second-order valence-corrected chi connectivity index (χ2v) is 8.20. The van der Waals surface area contributed by atoms with Gasteiger partial charge in [0.25, 0.3) is 0 Å². The van der Waals surface area contributed by atoms with Crippen molar-refractivity contribution < 1.29 is 18.8 Å². The van der Waals surface area contributed by atoms with Gasteiger partial charge in [0.05, 0.1) is 11.6 Å². The van der Waals surface area contributed by atoms with Crippen molar-refractivity contribution in [3.63, 3.8) is 0 Å². The lowest BCUT2D eigenvalue weighted by Gasteiger charge is -2.07. The molecular weight excluding hydrogens is 398 g/mol. The van der Waals surface area contributed by atoms with E-state index in [-0.39, 0.29) is 23.0 Å². The summed E-state index contributed by atoms with van der Waals surface area (Å²) in [4.78, 5) is 26.7. The second kappa shape index (κ2) is 9.61. The zero-order valence-electron chi connectivity index (χ0n) is 16.1. The van der Waals surface area contributed by atoms with Crippen molar-refractivity contribution in [2.45, 2.75) is 56.3 Å². The lowest BCUT2D eigenvalue weighted by Crippen LogP contribution is -2.14. The van der Waals surface area contributed by atoms with Crippen LogP contribution in [0.15, 0.2) is 27.6 Å². The van der Waals surface area contributed by atoms with Gasteiger partial charge in [-0.2, -0.15) is 0 Å². The molecule has 0 N–H and O–H groups in total. The Hall–Kier alpha value is -1.79. The van der Waals surface area contributed by atoms with E-state index in [0.29, 0.717) is 23.0 Å². The first-order valence-electron chi connectivity index (χ1n) is 9.61. The van der Waals surface area contributed by atoms with Crippen LogP contribution in [0.4, 0.5) is 0 Å². The SMILES string of the molecule is CCCCCCOC(=O)c1noc(C2CC2)c1C(=O)c1ccc(SC)cc1Cl. The number of carbonyl (C=O) groups is 2. The fourth-order valence-electron chi connectivity index (χ4n) is 2.99. The number of carbonyl (C=O) groups excluding carboxylic acids is 2. The maximum atomic E-state index is 13.2. The van der Waals surface area contributed by atoms with Gasteiger partial charge in [0.15, 0.2) is 5.76 Å².